The smallest absolute Gasteiger partial charge is 0.0709 e. The summed E-state index contributed by atoms with van der Waals surface area (Å²) >= 11 is 5.85. The van der Waals surface area contributed by atoms with Crippen molar-refractivity contribution < 1.29 is 0 Å². The van der Waals surface area contributed by atoms with Crippen LogP contribution in [-0.2, 0) is 0 Å². The molecule has 1 aromatic carbocycles. The van der Waals surface area contributed by atoms with E-state index in [1.165, 1.54) is 0 Å². The van der Waals surface area contributed by atoms with Crippen molar-refractivity contribution >= 4 is 30.1 Å². The fourth-order valence-electron chi connectivity index (χ4n) is 0.866. The highest BCUT2D eigenvalue weighted by Crippen LogP contribution is 2.26. The zero-order chi connectivity index (χ0) is 8.27. The molecule has 56 valence electrons. The molecule has 0 unspecified atom stereocenters. The van der Waals surface area contributed by atoms with Crippen LogP contribution in [0.2, 0.25) is 5.02 Å². The molecule has 1 rings (SSSR count). The first-order valence-corrected chi connectivity index (χ1v) is 3.55. The van der Waals surface area contributed by atoms with Gasteiger partial charge in [-0.05, 0) is 18.9 Å². The van der Waals surface area contributed by atoms with Crippen LogP contribution in [0.15, 0.2) is 29.8 Å². The lowest BCUT2D eigenvalue weighted by atomic mass is 10.2. The Balaban J connectivity index is 3.35. The number of hydrogen-bond acceptors (Lipinski definition) is 1. The molecule has 0 aliphatic heterocycles. The summed E-state index contributed by atoms with van der Waals surface area (Å²) in [6.45, 7) is 7.05. The maximum absolute atomic E-state index is 5.85. The summed E-state index contributed by atoms with van der Waals surface area (Å²) in [5.41, 5.74) is 1.61. The van der Waals surface area contributed by atoms with Gasteiger partial charge in [0, 0.05) is 10.6 Å². The molecule has 1 aromatic rings. The minimum Gasteiger partial charge on any atom is -0.264 e. The van der Waals surface area contributed by atoms with Crippen molar-refractivity contribution in [1.82, 2.24) is 0 Å². The van der Waals surface area contributed by atoms with Crippen molar-refractivity contribution in [1.29, 1.82) is 0 Å². The third-order valence-corrected chi connectivity index (χ3v) is 1.73. The molecule has 0 saturated carbocycles. The van der Waals surface area contributed by atoms with Gasteiger partial charge in [-0.2, -0.15) is 0 Å². The first-order valence-electron chi connectivity index (χ1n) is 3.17. The fourth-order valence-corrected chi connectivity index (χ4v) is 1.11. The average Bonchev–Trinajstić information content (AvgIpc) is 2.04. The maximum atomic E-state index is 5.85. The van der Waals surface area contributed by atoms with Crippen LogP contribution in [0.1, 0.15) is 5.56 Å². The third-order valence-electron chi connectivity index (χ3n) is 1.40. The topological polar surface area (TPSA) is 12.4 Å². The van der Waals surface area contributed by atoms with E-state index in [2.05, 4.69) is 18.3 Å². The second-order valence-electron chi connectivity index (χ2n) is 2.03. The van der Waals surface area contributed by atoms with Crippen molar-refractivity contribution in [2.24, 2.45) is 4.99 Å². The second kappa shape index (κ2) is 3.35. The molecule has 0 N–H and O–H groups in total. The van der Waals surface area contributed by atoms with Crippen molar-refractivity contribution in [3.8, 4) is 0 Å². The van der Waals surface area contributed by atoms with Gasteiger partial charge >= 0.3 is 0 Å². The summed E-state index contributed by atoms with van der Waals surface area (Å²) in [6, 6.07) is 5.47. The zero-order valence-electron chi connectivity index (χ0n) is 6.05. The summed E-state index contributed by atoms with van der Waals surface area (Å²) in [5.74, 6) is 0. The van der Waals surface area contributed by atoms with Gasteiger partial charge in [0.15, 0.2) is 0 Å². The quantitative estimate of drug-likeness (QED) is 0.597. The Morgan fingerprint density at radius 1 is 1.45 bits per heavy atom. The summed E-state index contributed by atoms with van der Waals surface area (Å²) in [4.78, 5) is 3.80. The highest BCUT2D eigenvalue weighted by molar-refractivity contribution is 6.32. The number of nitrogens with zero attached hydrogens (tertiary/aromatic N) is 1. The number of aliphatic imine (C=N–C) groups is 1. The Labute approximate surface area is 71.0 Å². The molecule has 0 aromatic heterocycles. The molecule has 0 amide bonds. The van der Waals surface area contributed by atoms with Crippen molar-refractivity contribution in [3.05, 3.63) is 35.4 Å². The number of rotatable bonds is 2. The van der Waals surface area contributed by atoms with Gasteiger partial charge in [0.25, 0.3) is 0 Å². The minimum absolute atomic E-state index is 0.657. The lowest BCUT2D eigenvalue weighted by molar-refractivity contribution is 1.52. The zero-order valence-corrected chi connectivity index (χ0v) is 6.80. The van der Waals surface area contributed by atoms with E-state index in [1.807, 2.05) is 12.1 Å². The first-order chi connectivity index (χ1) is 5.29. The number of hydrogen-bond donors (Lipinski definition) is 0. The summed E-state index contributed by atoms with van der Waals surface area (Å²) in [5, 5.41) is 0.657. The van der Waals surface area contributed by atoms with E-state index in [9.17, 15) is 0 Å². The van der Waals surface area contributed by atoms with E-state index >= 15 is 0 Å². The lowest BCUT2D eigenvalue weighted by Gasteiger charge is -2.00. The fraction of sp³-hybridized carbons (Fsp3) is 0. The van der Waals surface area contributed by atoms with Crippen LogP contribution >= 0.6 is 11.6 Å². The van der Waals surface area contributed by atoms with Crippen LogP contribution in [0.5, 0.6) is 0 Å². The molecule has 1 nitrogen and oxygen atoms in total. The maximum Gasteiger partial charge on any atom is 0.0709 e. The number of benzene rings is 1. The van der Waals surface area contributed by atoms with Crippen molar-refractivity contribution in [3.63, 3.8) is 0 Å². The molecule has 0 heterocycles. The van der Waals surface area contributed by atoms with Gasteiger partial charge in [-0.3, -0.25) is 4.99 Å². The van der Waals surface area contributed by atoms with Crippen LogP contribution in [0, 0.1) is 0 Å². The highest BCUT2D eigenvalue weighted by atomic mass is 35.5. The average molecular weight is 166 g/mol. The molecule has 0 aliphatic rings. The van der Waals surface area contributed by atoms with E-state index in [4.69, 9.17) is 11.6 Å². The van der Waals surface area contributed by atoms with Gasteiger partial charge in [-0.25, -0.2) is 0 Å². The third kappa shape index (κ3) is 1.49. The van der Waals surface area contributed by atoms with E-state index < -0.39 is 0 Å². The molecule has 0 radical (unpaired) electrons. The van der Waals surface area contributed by atoms with E-state index in [1.54, 1.807) is 12.1 Å². The first kappa shape index (κ1) is 8.02. The van der Waals surface area contributed by atoms with Gasteiger partial charge in [0.05, 0.1) is 5.69 Å². The molecular weight excluding hydrogens is 158 g/mol. The van der Waals surface area contributed by atoms with Crippen LogP contribution < -0.4 is 0 Å². The summed E-state index contributed by atoms with van der Waals surface area (Å²) in [6.07, 6.45) is 1.67. The molecule has 0 aliphatic carbocycles. The van der Waals surface area contributed by atoms with Crippen molar-refractivity contribution in [2.45, 2.75) is 0 Å². The predicted molar refractivity (Wildman–Crippen MR) is 50.8 cm³/mol. The standard InChI is InChI=1S/C9H8ClN/c1-3-7-8(10)5-4-6-9(7)11-2/h3-6H,1-2H2. The molecule has 11 heavy (non-hydrogen) atoms. The van der Waals surface area contributed by atoms with Crippen LogP contribution in [0.4, 0.5) is 5.69 Å². The van der Waals surface area contributed by atoms with Crippen molar-refractivity contribution in [2.75, 3.05) is 0 Å². The van der Waals surface area contributed by atoms with Crippen LogP contribution in [0.25, 0.3) is 6.08 Å². The summed E-state index contributed by atoms with van der Waals surface area (Å²) < 4.78 is 0. The van der Waals surface area contributed by atoms with Crippen LogP contribution in [-0.4, -0.2) is 6.72 Å². The largest absolute Gasteiger partial charge is 0.264 e. The Morgan fingerprint density at radius 3 is 2.64 bits per heavy atom. The molecular formula is C9H8ClN. The molecule has 0 saturated heterocycles. The normalized spacial score (nSPS) is 9.18. The monoisotopic (exact) mass is 165 g/mol. The Hall–Kier alpha value is -1.08. The van der Waals surface area contributed by atoms with Gasteiger partial charge in [-0.15, -0.1) is 0 Å². The lowest BCUT2D eigenvalue weighted by Crippen LogP contribution is -1.74. The van der Waals surface area contributed by atoms with E-state index in [0.29, 0.717) is 5.02 Å². The highest BCUT2D eigenvalue weighted by Gasteiger charge is 1.99. The minimum atomic E-state index is 0.657. The van der Waals surface area contributed by atoms with E-state index in [-0.39, 0.29) is 0 Å². The molecule has 0 atom stereocenters. The summed E-state index contributed by atoms with van der Waals surface area (Å²) in [7, 11) is 0. The van der Waals surface area contributed by atoms with Gasteiger partial charge < -0.3 is 0 Å². The number of halogens is 1. The van der Waals surface area contributed by atoms with Crippen LogP contribution in [0.3, 0.4) is 0 Å². The predicted octanol–water partition coefficient (Wildman–Crippen LogP) is 3.32. The van der Waals surface area contributed by atoms with E-state index in [0.717, 1.165) is 11.3 Å². The molecule has 0 fully saturated rings. The molecule has 0 spiro atoms. The molecule has 0 bridgehead atoms. The van der Waals surface area contributed by atoms with Gasteiger partial charge in [0.1, 0.15) is 0 Å². The second-order valence-corrected chi connectivity index (χ2v) is 2.44. The SMILES string of the molecule is C=Cc1c(Cl)cccc1N=C. The Bertz CT molecular complexity index is 292. The Morgan fingerprint density at radius 2 is 2.18 bits per heavy atom. The van der Waals surface area contributed by atoms with Gasteiger partial charge in [-0.1, -0.05) is 30.3 Å². The molecule has 2 heteroatoms. The Kier molecular flexibility index (Phi) is 2.44. The van der Waals surface area contributed by atoms with Gasteiger partial charge in [0.2, 0.25) is 0 Å².